The lowest BCUT2D eigenvalue weighted by Gasteiger charge is -2.72. The number of ether oxygens (including phenoxy) is 1. The molecule has 0 saturated heterocycles. The van der Waals surface area contributed by atoms with Gasteiger partial charge in [-0.05, 0) is 145 Å². The molecule has 5 aliphatic carbocycles. The van der Waals surface area contributed by atoms with Gasteiger partial charge in [-0.2, -0.15) is 0 Å². The van der Waals surface area contributed by atoms with Crippen LogP contribution in [-0.4, -0.2) is 47.4 Å². The van der Waals surface area contributed by atoms with Gasteiger partial charge in [-0.1, -0.05) is 85.4 Å². The molecular formula is C44H67NO5. The summed E-state index contributed by atoms with van der Waals surface area (Å²) in [6.45, 7) is 22.2. The van der Waals surface area contributed by atoms with Crippen LogP contribution in [0.1, 0.15) is 125 Å². The summed E-state index contributed by atoms with van der Waals surface area (Å²) in [5.41, 5.74) is 2.06. The van der Waals surface area contributed by atoms with Crippen molar-refractivity contribution >= 4 is 11.9 Å². The quantitative estimate of drug-likeness (QED) is 0.159. The first-order valence-corrected chi connectivity index (χ1v) is 20.0. The predicted octanol–water partition coefficient (Wildman–Crippen LogP) is 8.86. The number of nitrogens with one attached hydrogen (secondary N) is 1. The third kappa shape index (κ3) is 6.00. The third-order valence-corrected chi connectivity index (χ3v) is 16.4. The van der Waals surface area contributed by atoms with Crippen molar-refractivity contribution in [3.8, 4) is 0 Å². The molecule has 1 amide bonds. The van der Waals surface area contributed by atoms with E-state index in [1.807, 2.05) is 19.9 Å². The monoisotopic (exact) mass is 690 g/mol. The minimum atomic E-state index is -0.940. The second kappa shape index (κ2) is 13.7. The molecule has 6 nitrogen and oxygen atoms in total. The van der Waals surface area contributed by atoms with Crippen molar-refractivity contribution in [1.82, 2.24) is 5.32 Å². The number of aliphatic hydroxyl groups excluding tert-OH is 1. The molecule has 0 spiro atoms. The second-order valence-electron chi connectivity index (χ2n) is 19.3. The summed E-state index contributed by atoms with van der Waals surface area (Å²) in [5, 5.41) is 24.4. The molecule has 0 aliphatic heterocycles. The van der Waals surface area contributed by atoms with Crippen LogP contribution in [0.5, 0.6) is 0 Å². The Morgan fingerprint density at radius 1 is 0.900 bits per heavy atom. The van der Waals surface area contributed by atoms with Crippen LogP contribution in [0.4, 0.5) is 0 Å². The van der Waals surface area contributed by atoms with Gasteiger partial charge < -0.3 is 20.3 Å². The molecule has 5 aliphatic rings. The lowest BCUT2D eigenvalue weighted by Crippen LogP contribution is -2.67. The topological polar surface area (TPSA) is 95.9 Å². The Bertz CT molecular complexity index is 1420. The zero-order valence-electron chi connectivity index (χ0n) is 32.2. The molecule has 3 N–H and O–H groups in total. The maximum absolute atomic E-state index is 14.7. The smallest absolute Gasteiger partial charge is 0.326 e. The van der Waals surface area contributed by atoms with Crippen LogP contribution in [0, 0.1) is 62.6 Å². The van der Waals surface area contributed by atoms with Gasteiger partial charge in [0.1, 0.15) is 6.04 Å². The number of carbonyl (C=O) groups excluding carboxylic acids is 1. The lowest BCUT2D eigenvalue weighted by atomic mass is 9.32. The number of carboxylic acids is 1. The number of hydrogen-bond donors (Lipinski definition) is 3. The largest absolute Gasteiger partial charge is 0.480 e. The van der Waals surface area contributed by atoms with Gasteiger partial charge in [-0.15, -0.1) is 0 Å². The molecule has 278 valence electrons. The Morgan fingerprint density at radius 3 is 2.30 bits per heavy atom. The Labute approximate surface area is 302 Å². The summed E-state index contributed by atoms with van der Waals surface area (Å²) < 4.78 is 6.29. The van der Waals surface area contributed by atoms with E-state index in [1.54, 1.807) is 0 Å². The molecule has 0 aromatic heterocycles. The minimum Gasteiger partial charge on any atom is -0.480 e. The Morgan fingerprint density at radius 2 is 1.62 bits per heavy atom. The number of carbonyl (C=O) groups is 2. The molecule has 0 heterocycles. The fourth-order valence-corrected chi connectivity index (χ4v) is 13.6. The van der Waals surface area contributed by atoms with Crippen LogP contribution >= 0.6 is 0 Å². The molecule has 6 rings (SSSR count). The summed E-state index contributed by atoms with van der Waals surface area (Å²) in [4.78, 5) is 27.1. The summed E-state index contributed by atoms with van der Waals surface area (Å²) in [6, 6.07) is 9.56. The average molecular weight is 690 g/mol. The maximum Gasteiger partial charge on any atom is 0.326 e. The fourth-order valence-electron chi connectivity index (χ4n) is 13.6. The van der Waals surface area contributed by atoms with Crippen molar-refractivity contribution in [2.75, 3.05) is 13.2 Å². The van der Waals surface area contributed by atoms with E-state index in [9.17, 15) is 19.8 Å². The summed E-state index contributed by atoms with van der Waals surface area (Å²) >= 11 is 0. The molecule has 1 aromatic rings. The Hall–Kier alpha value is -2.18. The third-order valence-electron chi connectivity index (χ3n) is 16.4. The highest BCUT2D eigenvalue weighted by Crippen LogP contribution is 2.77. The highest BCUT2D eigenvalue weighted by molar-refractivity contribution is 5.88. The zero-order chi connectivity index (χ0) is 36.3. The molecular weight excluding hydrogens is 622 g/mol. The van der Waals surface area contributed by atoms with Crippen molar-refractivity contribution in [2.24, 2.45) is 62.6 Å². The van der Waals surface area contributed by atoms with E-state index in [-0.39, 0.29) is 51.4 Å². The molecule has 50 heavy (non-hydrogen) atoms. The molecule has 1 unspecified atom stereocenters. The van der Waals surface area contributed by atoms with Crippen LogP contribution < -0.4 is 5.32 Å². The van der Waals surface area contributed by atoms with Gasteiger partial charge in [-0.3, -0.25) is 4.79 Å². The molecule has 1 aromatic carbocycles. The van der Waals surface area contributed by atoms with Crippen LogP contribution in [0.15, 0.2) is 42.5 Å². The number of benzene rings is 1. The van der Waals surface area contributed by atoms with Gasteiger partial charge >= 0.3 is 5.97 Å². The highest BCUT2D eigenvalue weighted by atomic mass is 16.5. The summed E-state index contributed by atoms with van der Waals surface area (Å²) in [7, 11) is 0. The van der Waals surface area contributed by atoms with Crippen molar-refractivity contribution in [1.29, 1.82) is 0 Å². The molecule has 6 heteroatoms. The maximum atomic E-state index is 14.7. The van der Waals surface area contributed by atoms with Crippen molar-refractivity contribution in [2.45, 2.75) is 138 Å². The molecule has 0 radical (unpaired) electrons. The van der Waals surface area contributed by atoms with Gasteiger partial charge in [0.05, 0.1) is 24.7 Å². The number of amides is 1. The first-order valence-electron chi connectivity index (χ1n) is 20.0. The van der Waals surface area contributed by atoms with Crippen LogP contribution in [0.3, 0.4) is 0 Å². The fraction of sp³-hybridized carbons (Fsp3) is 0.773. The van der Waals surface area contributed by atoms with Crippen LogP contribution in [-0.2, 0) is 20.7 Å². The number of aliphatic carboxylic acids is 1. The standard InChI is InChI=1S/C44H67NO5/c1-28(2)26-33(38(47)48)45-39(49)44-22-16-31(29(3)27-50-25-19-30-12-10-9-11-13-30)37(44)32-14-15-35-41(6)20-18-36(46)40(4,5)34(41)17-21-43(35,8)42(32,7)23-24-44/h9-13,28,31-37,46H,3,14-27H2,1-2,4-8H3,(H,45,49)(H,47,48)/t31-,32+,33?,34-,35+,36-,37+,41-,42+,43+,44-/m0/s1. The number of carboxylic acid groups (broad SMARTS) is 1. The van der Waals surface area contributed by atoms with Crippen molar-refractivity contribution in [3.05, 3.63) is 48.0 Å². The van der Waals surface area contributed by atoms with E-state index in [2.05, 4.69) is 70.8 Å². The number of rotatable bonds is 11. The van der Waals surface area contributed by atoms with E-state index >= 15 is 0 Å². The van der Waals surface area contributed by atoms with E-state index in [0.29, 0.717) is 37.4 Å². The number of fused-ring (bicyclic) bond motifs is 7. The van der Waals surface area contributed by atoms with Gasteiger partial charge in [0.15, 0.2) is 0 Å². The van der Waals surface area contributed by atoms with E-state index in [0.717, 1.165) is 76.2 Å². The predicted molar refractivity (Wildman–Crippen MR) is 199 cm³/mol. The molecule has 5 saturated carbocycles. The normalized spacial score (nSPS) is 40.9. The summed E-state index contributed by atoms with van der Waals surface area (Å²) in [6.07, 6.45) is 11.1. The zero-order valence-corrected chi connectivity index (χ0v) is 32.2. The van der Waals surface area contributed by atoms with Crippen LogP contribution in [0.25, 0.3) is 0 Å². The molecule has 5 fully saturated rings. The Kier molecular flexibility index (Phi) is 10.3. The minimum absolute atomic E-state index is 0.0381. The number of aliphatic hydroxyl groups is 1. The van der Waals surface area contributed by atoms with E-state index in [1.165, 1.54) is 5.56 Å². The van der Waals surface area contributed by atoms with Crippen molar-refractivity contribution in [3.63, 3.8) is 0 Å². The SMILES string of the molecule is C=C(COCCc1ccccc1)[C@@H]1CC[C@]2(C(=O)NC(CC(C)C)C(=O)O)CC[C@]3(C)[C@H](CC[C@@H]4[C@@]5(C)CC[C@H](O)C(C)(C)[C@@H]5CC[C@]43C)[C@@H]12. The Balaban J connectivity index is 1.30. The first kappa shape index (κ1) is 37.6. The van der Waals surface area contributed by atoms with Gasteiger partial charge in [0.2, 0.25) is 5.91 Å². The highest BCUT2D eigenvalue weighted by Gasteiger charge is 2.72. The van der Waals surface area contributed by atoms with Gasteiger partial charge in [0, 0.05) is 0 Å². The molecule has 0 bridgehead atoms. The van der Waals surface area contributed by atoms with Crippen LogP contribution in [0.2, 0.25) is 0 Å². The van der Waals surface area contributed by atoms with Gasteiger partial charge in [0.25, 0.3) is 0 Å². The summed E-state index contributed by atoms with van der Waals surface area (Å²) in [5.74, 6) is 0.919. The van der Waals surface area contributed by atoms with E-state index in [4.69, 9.17) is 4.74 Å². The van der Waals surface area contributed by atoms with Crippen molar-refractivity contribution < 1.29 is 24.5 Å². The number of hydrogen-bond acceptors (Lipinski definition) is 4. The first-order chi connectivity index (χ1) is 23.5. The second-order valence-corrected chi connectivity index (χ2v) is 19.3. The van der Waals surface area contributed by atoms with Gasteiger partial charge in [-0.25, -0.2) is 4.79 Å². The average Bonchev–Trinajstić information content (AvgIpc) is 3.46. The van der Waals surface area contributed by atoms with E-state index < -0.39 is 17.4 Å². The lowest BCUT2D eigenvalue weighted by molar-refractivity contribution is -0.246. The molecule has 11 atom stereocenters.